The van der Waals surface area contributed by atoms with Crippen LogP contribution in [0.2, 0.25) is 0 Å². The molecule has 0 saturated carbocycles. The highest BCUT2D eigenvalue weighted by Gasteiger charge is 2.31. The molecule has 15 heavy (non-hydrogen) atoms. The molecule has 0 aromatic carbocycles. The van der Waals surface area contributed by atoms with Crippen LogP contribution in [0.25, 0.3) is 0 Å². The maximum absolute atomic E-state index is 10.2. The van der Waals surface area contributed by atoms with Gasteiger partial charge in [-0.05, 0) is 46.7 Å². The average molecular weight is 213 g/mol. The minimum Gasteiger partial charge on any atom is -0.391 e. The lowest BCUT2D eigenvalue weighted by Gasteiger charge is -2.41. The van der Waals surface area contributed by atoms with E-state index in [0.29, 0.717) is 0 Å². The molecule has 0 aliphatic heterocycles. The van der Waals surface area contributed by atoms with E-state index in [1.807, 2.05) is 6.92 Å². The molecule has 0 rings (SSSR count). The van der Waals surface area contributed by atoms with Crippen molar-refractivity contribution in [1.29, 1.82) is 0 Å². The Bertz CT molecular complexity index is 195. The summed E-state index contributed by atoms with van der Waals surface area (Å²) < 4.78 is 0. The highest BCUT2D eigenvalue weighted by molar-refractivity contribution is 4.93. The highest BCUT2D eigenvalue weighted by atomic mass is 16.3. The van der Waals surface area contributed by atoms with Crippen LogP contribution in [0.1, 0.15) is 47.5 Å². The van der Waals surface area contributed by atoms with Crippen molar-refractivity contribution >= 4 is 0 Å². The second-order valence-corrected chi connectivity index (χ2v) is 4.84. The molecule has 0 aliphatic carbocycles. The van der Waals surface area contributed by atoms with Crippen molar-refractivity contribution in [2.75, 3.05) is 13.1 Å². The Morgan fingerprint density at radius 1 is 1.33 bits per heavy atom. The van der Waals surface area contributed by atoms with Crippen molar-refractivity contribution in [3.05, 3.63) is 12.2 Å². The van der Waals surface area contributed by atoms with Crippen LogP contribution in [0.5, 0.6) is 0 Å². The van der Waals surface area contributed by atoms with Crippen LogP contribution in [0, 0.1) is 0 Å². The number of hydrogen-bond donors (Lipinski definition) is 1. The molecule has 1 atom stereocenters. The van der Waals surface area contributed by atoms with Crippen LogP contribution in [0.4, 0.5) is 0 Å². The first-order chi connectivity index (χ1) is 6.86. The largest absolute Gasteiger partial charge is 0.391 e. The van der Waals surface area contributed by atoms with E-state index < -0.39 is 0 Å². The van der Waals surface area contributed by atoms with E-state index in [1.54, 1.807) is 0 Å². The van der Waals surface area contributed by atoms with Gasteiger partial charge in [0.25, 0.3) is 0 Å². The van der Waals surface area contributed by atoms with Gasteiger partial charge in [0.1, 0.15) is 0 Å². The number of hydrogen-bond acceptors (Lipinski definition) is 2. The molecule has 0 fully saturated rings. The second kappa shape index (κ2) is 6.29. The fraction of sp³-hybridized carbons (Fsp3) is 0.846. The first-order valence-electron chi connectivity index (χ1n) is 5.93. The fourth-order valence-corrected chi connectivity index (χ4v) is 1.99. The van der Waals surface area contributed by atoms with Gasteiger partial charge in [-0.3, -0.25) is 4.90 Å². The molecular formula is C13H27NO. The van der Waals surface area contributed by atoms with Crippen molar-refractivity contribution < 1.29 is 5.11 Å². The Balaban J connectivity index is 4.35. The molecule has 0 bridgehead atoms. The maximum Gasteiger partial charge on any atom is 0.0721 e. The summed E-state index contributed by atoms with van der Waals surface area (Å²) in [6.45, 7) is 16.3. The Morgan fingerprint density at radius 3 is 2.13 bits per heavy atom. The third kappa shape index (κ3) is 4.35. The number of nitrogens with zero attached hydrogens (tertiary/aromatic N) is 1. The van der Waals surface area contributed by atoms with E-state index in [2.05, 4.69) is 39.2 Å². The van der Waals surface area contributed by atoms with Gasteiger partial charge in [-0.1, -0.05) is 19.4 Å². The van der Waals surface area contributed by atoms with Gasteiger partial charge < -0.3 is 5.11 Å². The molecule has 0 heterocycles. The molecule has 0 saturated heterocycles. The van der Waals surface area contributed by atoms with Gasteiger partial charge in [0.05, 0.1) is 6.10 Å². The van der Waals surface area contributed by atoms with E-state index in [1.165, 1.54) is 0 Å². The summed E-state index contributed by atoms with van der Waals surface area (Å²) in [4.78, 5) is 2.30. The molecule has 0 aromatic rings. The molecule has 2 heteroatoms. The lowest BCUT2D eigenvalue weighted by Crippen LogP contribution is -2.52. The van der Waals surface area contributed by atoms with Gasteiger partial charge in [0.2, 0.25) is 0 Å². The zero-order chi connectivity index (χ0) is 12.1. The third-order valence-electron chi connectivity index (χ3n) is 3.24. The van der Waals surface area contributed by atoms with Gasteiger partial charge in [-0.25, -0.2) is 0 Å². The minimum absolute atomic E-state index is 0.140. The van der Waals surface area contributed by atoms with Crippen LogP contribution in [-0.2, 0) is 0 Å². The molecule has 0 radical (unpaired) electrons. The fourth-order valence-electron chi connectivity index (χ4n) is 1.99. The summed E-state index contributed by atoms with van der Waals surface area (Å²) in [5.41, 5.74) is 1.00. The average Bonchev–Trinajstić information content (AvgIpc) is 2.15. The number of aliphatic hydroxyl groups is 1. The van der Waals surface area contributed by atoms with E-state index in [9.17, 15) is 5.11 Å². The van der Waals surface area contributed by atoms with E-state index >= 15 is 0 Å². The van der Waals surface area contributed by atoms with Crippen molar-refractivity contribution in [2.24, 2.45) is 0 Å². The van der Waals surface area contributed by atoms with Crippen LogP contribution in [-0.4, -0.2) is 34.7 Å². The van der Waals surface area contributed by atoms with Crippen LogP contribution in [0.15, 0.2) is 12.2 Å². The first kappa shape index (κ1) is 14.7. The summed E-state index contributed by atoms with van der Waals surface area (Å²) in [6, 6.07) is 0. The lowest BCUT2D eigenvalue weighted by molar-refractivity contribution is -0.00885. The summed E-state index contributed by atoms with van der Waals surface area (Å²) in [7, 11) is 0. The molecule has 1 N–H and O–H groups in total. The minimum atomic E-state index is -0.283. The predicted molar refractivity (Wildman–Crippen MR) is 67.1 cm³/mol. The highest BCUT2D eigenvalue weighted by Crippen LogP contribution is 2.22. The molecule has 0 aliphatic rings. The van der Waals surface area contributed by atoms with Gasteiger partial charge in [-0.2, -0.15) is 0 Å². The van der Waals surface area contributed by atoms with Gasteiger partial charge >= 0.3 is 0 Å². The second-order valence-electron chi connectivity index (χ2n) is 4.84. The summed E-state index contributed by atoms with van der Waals surface area (Å²) >= 11 is 0. The summed E-state index contributed by atoms with van der Waals surface area (Å²) in [5.74, 6) is 0. The van der Waals surface area contributed by atoms with Gasteiger partial charge in [0.15, 0.2) is 0 Å². The van der Waals surface area contributed by atoms with Crippen LogP contribution >= 0.6 is 0 Å². The molecule has 2 nitrogen and oxygen atoms in total. The van der Waals surface area contributed by atoms with Crippen molar-refractivity contribution in [3.8, 4) is 0 Å². The van der Waals surface area contributed by atoms with E-state index in [4.69, 9.17) is 0 Å². The van der Waals surface area contributed by atoms with Crippen molar-refractivity contribution in [3.63, 3.8) is 0 Å². The van der Waals surface area contributed by atoms with Crippen molar-refractivity contribution in [1.82, 2.24) is 4.90 Å². The van der Waals surface area contributed by atoms with Gasteiger partial charge in [0, 0.05) is 5.54 Å². The summed E-state index contributed by atoms with van der Waals surface area (Å²) in [6.07, 6.45) is 1.43. The van der Waals surface area contributed by atoms with Crippen molar-refractivity contribution in [2.45, 2.75) is 59.1 Å². The topological polar surface area (TPSA) is 23.5 Å². The molecule has 0 aromatic heterocycles. The molecule has 90 valence electrons. The standard InChI is InChI=1S/C13H27NO/c1-7-14(8-2)13(5,6)12(15)10-9-11(3)4/h12,15H,3,7-10H2,1-2,4-6H3. The normalized spacial score (nSPS) is 14.3. The number of aliphatic hydroxyl groups excluding tert-OH is 1. The van der Waals surface area contributed by atoms with Crippen LogP contribution in [0.3, 0.4) is 0 Å². The molecule has 1 unspecified atom stereocenters. The number of allylic oxidation sites excluding steroid dienone is 1. The quantitative estimate of drug-likeness (QED) is 0.657. The summed E-state index contributed by atoms with van der Waals surface area (Å²) in [5, 5.41) is 10.2. The van der Waals surface area contributed by atoms with Gasteiger partial charge in [-0.15, -0.1) is 6.58 Å². The van der Waals surface area contributed by atoms with E-state index in [0.717, 1.165) is 31.5 Å². The first-order valence-corrected chi connectivity index (χ1v) is 5.93. The predicted octanol–water partition coefficient (Wildman–Crippen LogP) is 2.82. The monoisotopic (exact) mass is 213 g/mol. The van der Waals surface area contributed by atoms with Crippen LogP contribution < -0.4 is 0 Å². The molecule has 0 amide bonds. The zero-order valence-corrected chi connectivity index (χ0v) is 11.0. The number of likely N-dealkylation sites (N-methyl/N-ethyl adjacent to an activating group) is 1. The third-order valence-corrected chi connectivity index (χ3v) is 3.24. The Morgan fingerprint density at radius 2 is 1.80 bits per heavy atom. The zero-order valence-electron chi connectivity index (χ0n) is 11.0. The molecule has 0 spiro atoms. The van der Waals surface area contributed by atoms with E-state index in [-0.39, 0.29) is 11.6 Å². The number of rotatable bonds is 7. The smallest absolute Gasteiger partial charge is 0.0721 e. The maximum atomic E-state index is 10.2. The Kier molecular flexibility index (Phi) is 6.15. The Hall–Kier alpha value is -0.340. The SMILES string of the molecule is C=C(C)CCC(O)C(C)(C)N(CC)CC. The Labute approximate surface area is 95.0 Å². The molecular weight excluding hydrogens is 186 g/mol. The lowest BCUT2D eigenvalue weighted by atomic mass is 9.90.